The molecule has 0 bridgehead atoms. The summed E-state index contributed by atoms with van der Waals surface area (Å²) in [7, 11) is -2.16. The lowest BCUT2D eigenvalue weighted by molar-refractivity contribution is -0.138. The standard InChI is InChI=1S/C22H24N4O5S/c1-23-32(28,29)18-12-10-16(11-13-18)21-24-22(31-25-21)19-9-5-6-14-26(19)20(27)15-30-17-7-3-2-4-8-17/h2-4,7-8,10-13,19,23H,5-6,9,14-15H2,1H3/t19-/m1/s1. The van der Waals surface area contributed by atoms with Gasteiger partial charge in [-0.25, -0.2) is 13.1 Å². The highest BCUT2D eigenvalue weighted by atomic mass is 32.2. The lowest BCUT2D eigenvalue weighted by Crippen LogP contribution is -2.41. The zero-order chi connectivity index (χ0) is 22.6. The maximum atomic E-state index is 12.8. The van der Waals surface area contributed by atoms with Gasteiger partial charge in [-0.2, -0.15) is 4.98 Å². The van der Waals surface area contributed by atoms with E-state index in [2.05, 4.69) is 14.9 Å². The molecular weight excluding hydrogens is 432 g/mol. The number of hydrogen-bond acceptors (Lipinski definition) is 7. The van der Waals surface area contributed by atoms with Gasteiger partial charge < -0.3 is 14.2 Å². The Hall–Kier alpha value is -3.24. The van der Waals surface area contributed by atoms with Gasteiger partial charge in [0.15, 0.2) is 6.61 Å². The summed E-state index contributed by atoms with van der Waals surface area (Å²) in [5.41, 5.74) is 0.621. The zero-order valence-electron chi connectivity index (χ0n) is 17.6. The number of amides is 1. The van der Waals surface area contributed by atoms with Gasteiger partial charge in [0.05, 0.1) is 4.90 Å². The van der Waals surface area contributed by atoms with Crippen LogP contribution in [0.4, 0.5) is 0 Å². The number of para-hydroxylation sites is 1. The number of carbonyl (C=O) groups is 1. The third kappa shape index (κ3) is 4.81. The third-order valence-electron chi connectivity index (χ3n) is 5.35. The number of rotatable bonds is 7. The molecule has 4 rings (SSSR count). The molecule has 1 saturated heterocycles. The molecule has 3 aromatic rings. The number of nitrogens with zero attached hydrogens (tertiary/aromatic N) is 3. The molecule has 2 heterocycles. The Morgan fingerprint density at radius 3 is 2.62 bits per heavy atom. The largest absolute Gasteiger partial charge is 0.484 e. The molecule has 1 N–H and O–H groups in total. The van der Waals surface area contributed by atoms with E-state index >= 15 is 0 Å². The van der Waals surface area contributed by atoms with E-state index in [0.717, 1.165) is 19.3 Å². The fraction of sp³-hybridized carbons (Fsp3) is 0.318. The fourth-order valence-electron chi connectivity index (χ4n) is 3.62. The average Bonchev–Trinajstić information content (AvgIpc) is 3.33. The second-order valence-corrected chi connectivity index (χ2v) is 9.28. The van der Waals surface area contributed by atoms with Gasteiger partial charge in [0.2, 0.25) is 21.7 Å². The Balaban J connectivity index is 1.48. The van der Waals surface area contributed by atoms with Gasteiger partial charge in [-0.05, 0) is 62.7 Å². The van der Waals surface area contributed by atoms with Gasteiger partial charge in [0.25, 0.3) is 5.91 Å². The minimum absolute atomic E-state index is 0.0666. The van der Waals surface area contributed by atoms with Crippen LogP contribution >= 0.6 is 0 Å². The van der Waals surface area contributed by atoms with Crippen molar-refractivity contribution >= 4 is 15.9 Å². The molecule has 0 spiro atoms. The van der Waals surface area contributed by atoms with Crippen LogP contribution in [-0.4, -0.2) is 49.6 Å². The van der Waals surface area contributed by atoms with Crippen molar-refractivity contribution in [2.24, 2.45) is 0 Å². The van der Waals surface area contributed by atoms with Crippen LogP contribution in [0.5, 0.6) is 5.75 Å². The van der Waals surface area contributed by atoms with Crippen molar-refractivity contribution < 1.29 is 22.5 Å². The molecule has 1 aromatic heterocycles. The summed E-state index contributed by atoms with van der Waals surface area (Å²) >= 11 is 0. The number of ether oxygens (including phenoxy) is 1. The molecular formula is C22H24N4O5S. The SMILES string of the molecule is CNS(=O)(=O)c1ccc(-c2noc([C@H]3CCCCN3C(=O)COc3ccccc3)n2)cc1. The van der Waals surface area contributed by atoms with E-state index in [1.54, 1.807) is 29.2 Å². The van der Waals surface area contributed by atoms with Crippen LogP contribution in [0.25, 0.3) is 11.4 Å². The van der Waals surface area contributed by atoms with Crippen LogP contribution in [-0.2, 0) is 14.8 Å². The highest BCUT2D eigenvalue weighted by Gasteiger charge is 2.32. The molecule has 32 heavy (non-hydrogen) atoms. The second kappa shape index (κ2) is 9.49. The summed E-state index contributed by atoms with van der Waals surface area (Å²) in [6.07, 6.45) is 2.57. The van der Waals surface area contributed by atoms with Crippen molar-refractivity contribution in [3.05, 3.63) is 60.5 Å². The number of aromatic nitrogens is 2. The zero-order valence-corrected chi connectivity index (χ0v) is 18.4. The number of carbonyl (C=O) groups excluding carboxylic acids is 1. The molecule has 0 aliphatic carbocycles. The second-order valence-electron chi connectivity index (χ2n) is 7.39. The summed E-state index contributed by atoms with van der Waals surface area (Å²) in [4.78, 5) is 19.2. The van der Waals surface area contributed by atoms with Gasteiger partial charge in [-0.1, -0.05) is 23.4 Å². The first-order valence-electron chi connectivity index (χ1n) is 10.3. The van der Waals surface area contributed by atoms with Crippen LogP contribution in [0.15, 0.2) is 64.0 Å². The lowest BCUT2D eigenvalue weighted by atomic mass is 10.0. The Morgan fingerprint density at radius 1 is 1.16 bits per heavy atom. The van der Waals surface area contributed by atoms with E-state index < -0.39 is 10.0 Å². The minimum atomic E-state index is -3.52. The van der Waals surface area contributed by atoms with E-state index in [9.17, 15) is 13.2 Å². The fourth-order valence-corrected chi connectivity index (χ4v) is 4.35. The summed E-state index contributed by atoms with van der Waals surface area (Å²) in [6, 6.07) is 15.1. The van der Waals surface area contributed by atoms with Crippen LogP contribution in [0.1, 0.15) is 31.2 Å². The van der Waals surface area contributed by atoms with E-state index in [1.165, 1.54) is 19.2 Å². The molecule has 168 valence electrons. The first-order chi connectivity index (χ1) is 15.5. The Bertz CT molecular complexity index is 1160. The predicted octanol–water partition coefficient (Wildman–Crippen LogP) is 2.78. The van der Waals surface area contributed by atoms with Gasteiger partial charge in [0, 0.05) is 12.1 Å². The van der Waals surface area contributed by atoms with E-state index in [1.807, 2.05) is 18.2 Å². The molecule has 1 fully saturated rings. The first-order valence-corrected chi connectivity index (χ1v) is 11.8. The Kier molecular flexibility index (Phi) is 6.52. The monoisotopic (exact) mass is 456 g/mol. The van der Waals surface area contributed by atoms with E-state index in [0.29, 0.717) is 29.6 Å². The first kappa shape index (κ1) is 22.0. The molecule has 1 atom stereocenters. The Morgan fingerprint density at radius 2 is 1.91 bits per heavy atom. The molecule has 9 nitrogen and oxygen atoms in total. The summed E-state index contributed by atoms with van der Waals surface area (Å²) in [6.45, 7) is 0.527. The quantitative estimate of drug-likeness (QED) is 0.581. The van der Waals surface area contributed by atoms with Gasteiger partial charge in [0.1, 0.15) is 11.8 Å². The van der Waals surface area contributed by atoms with Crippen molar-refractivity contribution in [3.8, 4) is 17.1 Å². The normalized spacial score (nSPS) is 16.7. The van der Waals surface area contributed by atoms with Gasteiger partial charge in [-0.3, -0.25) is 4.79 Å². The summed E-state index contributed by atoms with van der Waals surface area (Å²) in [5, 5.41) is 4.04. The number of hydrogen-bond donors (Lipinski definition) is 1. The molecule has 1 aliphatic heterocycles. The number of benzene rings is 2. The van der Waals surface area contributed by atoms with Gasteiger partial charge in [-0.15, -0.1) is 0 Å². The summed E-state index contributed by atoms with van der Waals surface area (Å²) in [5.74, 6) is 1.20. The number of sulfonamides is 1. The summed E-state index contributed by atoms with van der Waals surface area (Å²) < 4.78 is 37.2. The third-order valence-corrected chi connectivity index (χ3v) is 6.78. The number of likely N-dealkylation sites (tertiary alicyclic amines) is 1. The molecule has 0 unspecified atom stereocenters. The lowest BCUT2D eigenvalue weighted by Gasteiger charge is -2.33. The molecule has 1 aliphatic rings. The van der Waals surface area contributed by atoms with Crippen molar-refractivity contribution in [3.63, 3.8) is 0 Å². The molecule has 0 radical (unpaired) electrons. The number of nitrogens with one attached hydrogen (secondary N) is 1. The highest BCUT2D eigenvalue weighted by molar-refractivity contribution is 7.89. The van der Waals surface area contributed by atoms with E-state index in [4.69, 9.17) is 9.26 Å². The Labute approximate surface area is 186 Å². The average molecular weight is 457 g/mol. The van der Waals surface area contributed by atoms with E-state index in [-0.39, 0.29) is 23.5 Å². The molecule has 2 aromatic carbocycles. The van der Waals surface area contributed by atoms with Crippen LogP contribution in [0.2, 0.25) is 0 Å². The number of piperidine rings is 1. The van der Waals surface area contributed by atoms with Crippen molar-refractivity contribution in [1.82, 2.24) is 19.8 Å². The molecule has 10 heteroatoms. The maximum Gasteiger partial charge on any atom is 0.261 e. The van der Waals surface area contributed by atoms with Crippen molar-refractivity contribution in [1.29, 1.82) is 0 Å². The smallest absolute Gasteiger partial charge is 0.261 e. The maximum absolute atomic E-state index is 12.8. The van der Waals surface area contributed by atoms with Crippen molar-refractivity contribution in [2.75, 3.05) is 20.2 Å². The van der Waals surface area contributed by atoms with Gasteiger partial charge >= 0.3 is 0 Å². The van der Waals surface area contributed by atoms with Crippen LogP contribution in [0, 0.1) is 0 Å². The predicted molar refractivity (Wildman–Crippen MR) is 116 cm³/mol. The van der Waals surface area contributed by atoms with Crippen molar-refractivity contribution in [2.45, 2.75) is 30.2 Å². The topological polar surface area (TPSA) is 115 Å². The minimum Gasteiger partial charge on any atom is -0.484 e. The van der Waals surface area contributed by atoms with Crippen LogP contribution < -0.4 is 9.46 Å². The molecule has 1 amide bonds. The van der Waals surface area contributed by atoms with Crippen LogP contribution in [0.3, 0.4) is 0 Å². The highest BCUT2D eigenvalue weighted by Crippen LogP contribution is 2.31. The molecule has 0 saturated carbocycles.